The van der Waals surface area contributed by atoms with Crippen molar-refractivity contribution in [1.29, 1.82) is 0 Å². The van der Waals surface area contributed by atoms with Crippen LogP contribution >= 0.6 is 23.7 Å². The van der Waals surface area contributed by atoms with Crippen molar-refractivity contribution in [1.82, 2.24) is 9.62 Å². The van der Waals surface area contributed by atoms with E-state index in [-0.39, 0.29) is 27.4 Å². The molecule has 0 bridgehead atoms. The van der Waals surface area contributed by atoms with E-state index in [1.807, 2.05) is 24.3 Å². The highest BCUT2D eigenvalue weighted by Gasteiger charge is 2.20. The van der Waals surface area contributed by atoms with Gasteiger partial charge in [-0.1, -0.05) is 24.3 Å². The summed E-state index contributed by atoms with van der Waals surface area (Å²) in [6.45, 7) is 4.10. The molecule has 1 aliphatic rings. The zero-order valence-corrected chi connectivity index (χ0v) is 18.2. The van der Waals surface area contributed by atoms with E-state index >= 15 is 0 Å². The molecule has 1 aliphatic heterocycles. The van der Waals surface area contributed by atoms with Crippen molar-refractivity contribution in [2.75, 3.05) is 26.3 Å². The van der Waals surface area contributed by atoms with Gasteiger partial charge in [-0.15, -0.1) is 23.7 Å². The summed E-state index contributed by atoms with van der Waals surface area (Å²) >= 11 is 0.626. The maximum atomic E-state index is 12.4. The third-order valence-electron chi connectivity index (χ3n) is 4.07. The van der Waals surface area contributed by atoms with Crippen LogP contribution < -0.4 is 9.86 Å². The normalized spacial score (nSPS) is 15.9. The fourth-order valence-electron chi connectivity index (χ4n) is 2.71. The molecule has 0 aliphatic carbocycles. The largest absolute Gasteiger partial charge is 0.379 e. The van der Waals surface area contributed by atoms with Crippen molar-refractivity contribution in [2.45, 2.75) is 21.5 Å². The number of rotatable bonds is 7. The third-order valence-corrected chi connectivity index (χ3v) is 8.49. The van der Waals surface area contributed by atoms with Crippen LogP contribution in [0.2, 0.25) is 0 Å². The highest BCUT2D eigenvalue weighted by molar-refractivity contribution is 7.94. The Hall–Kier alpha value is -1.05. The summed E-state index contributed by atoms with van der Waals surface area (Å²) in [7, 11) is -7.73. The minimum atomic E-state index is -3.92. The lowest BCUT2D eigenvalue weighted by Gasteiger charge is -2.26. The van der Waals surface area contributed by atoms with E-state index in [0.717, 1.165) is 44.0 Å². The van der Waals surface area contributed by atoms with Gasteiger partial charge >= 0.3 is 0 Å². The summed E-state index contributed by atoms with van der Waals surface area (Å²) in [6.07, 6.45) is 0. The molecule has 28 heavy (non-hydrogen) atoms. The standard InChI is InChI=1S/C16H21N3O5S3.ClH/c17-26(20,21)15-4-5-16(25-15)27(22,23)18-11-13-2-1-3-14(10-13)12-19-6-8-24-9-7-19;/h1-5,10,18H,6-9,11-12H2,(H2,17,20,21);1H. The first-order chi connectivity index (χ1) is 12.7. The molecule has 2 heterocycles. The number of hydrogen-bond acceptors (Lipinski definition) is 7. The number of sulfonamides is 2. The molecule has 0 amide bonds. The van der Waals surface area contributed by atoms with E-state index in [9.17, 15) is 16.8 Å². The number of morpholine rings is 1. The number of nitrogens with one attached hydrogen (secondary N) is 1. The van der Waals surface area contributed by atoms with E-state index in [4.69, 9.17) is 9.88 Å². The third kappa shape index (κ3) is 6.22. The molecule has 0 spiro atoms. The topological polar surface area (TPSA) is 119 Å². The molecule has 1 saturated heterocycles. The fraction of sp³-hybridized carbons (Fsp3) is 0.375. The monoisotopic (exact) mass is 467 g/mol. The van der Waals surface area contributed by atoms with Gasteiger partial charge in [-0.05, 0) is 23.3 Å². The number of benzene rings is 1. The van der Waals surface area contributed by atoms with E-state index in [1.54, 1.807) is 0 Å². The predicted octanol–water partition coefficient (Wildman–Crippen LogP) is 1.13. The number of nitrogens with zero attached hydrogens (tertiary/aromatic N) is 1. The Bertz CT molecular complexity index is 1000. The van der Waals surface area contributed by atoms with Crippen LogP contribution in [-0.4, -0.2) is 48.0 Å². The van der Waals surface area contributed by atoms with Gasteiger partial charge < -0.3 is 4.74 Å². The minimum Gasteiger partial charge on any atom is -0.379 e. The predicted molar refractivity (Wildman–Crippen MR) is 110 cm³/mol. The lowest BCUT2D eigenvalue weighted by molar-refractivity contribution is 0.0342. The van der Waals surface area contributed by atoms with Gasteiger partial charge in [-0.25, -0.2) is 26.7 Å². The minimum absolute atomic E-state index is 0. The number of halogens is 1. The number of nitrogens with two attached hydrogens (primary N) is 1. The average molecular weight is 468 g/mol. The van der Waals surface area contributed by atoms with Gasteiger partial charge in [0.15, 0.2) is 0 Å². The molecule has 0 radical (unpaired) electrons. The van der Waals surface area contributed by atoms with Crippen LogP contribution in [0.4, 0.5) is 0 Å². The summed E-state index contributed by atoms with van der Waals surface area (Å²) in [6, 6.07) is 10.1. The van der Waals surface area contributed by atoms with Gasteiger partial charge in [0.1, 0.15) is 8.42 Å². The molecule has 8 nitrogen and oxygen atoms in total. The zero-order chi connectivity index (χ0) is 19.5. The fourth-order valence-corrected chi connectivity index (χ4v) is 5.96. The SMILES string of the molecule is Cl.NS(=O)(=O)c1ccc(S(=O)(=O)NCc2cccc(CN3CCOCC3)c2)s1. The molecule has 1 aromatic carbocycles. The molecule has 2 aromatic rings. The Kier molecular flexibility index (Phi) is 7.99. The summed E-state index contributed by atoms with van der Waals surface area (Å²) in [5.41, 5.74) is 1.92. The smallest absolute Gasteiger partial charge is 0.250 e. The number of primary sulfonamides is 1. The Morgan fingerprint density at radius 3 is 2.32 bits per heavy atom. The van der Waals surface area contributed by atoms with E-state index in [1.165, 1.54) is 12.1 Å². The Morgan fingerprint density at radius 1 is 1.04 bits per heavy atom. The van der Waals surface area contributed by atoms with Crippen LogP contribution in [0.5, 0.6) is 0 Å². The number of ether oxygens (including phenoxy) is 1. The van der Waals surface area contributed by atoms with Crippen LogP contribution in [0.1, 0.15) is 11.1 Å². The molecular formula is C16H22ClN3O5S3. The van der Waals surface area contributed by atoms with Crippen LogP contribution in [0.3, 0.4) is 0 Å². The Labute approximate surface area is 175 Å². The Balaban J connectivity index is 0.00000280. The highest BCUT2D eigenvalue weighted by atomic mass is 35.5. The summed E-state index contributed by atoms with van der Waals surface area (Å²) in [4.78, 5) is 2.28. The maximum absolute atomic E-state index is 12.4. The Morgan fingerprint density at radius 2 is 1.68 bits per heavy atom. The molecule has 0 atom stereocenters. The second-order valence-electron chi connectivity index (χ2n) is 6.15. The van der Waals surface area contributed by atoms with Gasteiger partial charge in [-0.3, -0.25) is 4.90 Å². The zero-order valence-electron chi connectivity index (χ0n) is 14.9. The van der Waals surface area contributed by atoms with Crippen molar-refractivity contribution in [3.05, 3.63) is 47.5 Å². The number of hydrogen-bond donors (Lipinski definition) is 2. The molecule has 156 valence electrons. The number of thiophene rings is 1. The van der Waals surface area contributed by atoms with Gasteiger partial charge in [0.2, 0.25) is 20.0 Å². The quantitative estimate of drug-likeness (QED) is 0.630. The van der Waals surface area contributed by atoms with Crippen molar-refractivity contribution < 1.29 is 21.6 Å². The molecule has 3 rings (SSSR count). The van der Waals surface area contributed by atoms with E-state index < -0.39 is 20.0 Å². The van der Waals surface area contributed by atoms with E-state index in [2.05, 4.69) is 9.62 Å². The van der Waals surface area contributed by atoms with Crippen molar-refractivity contribution in [3.8, 4) is 0 Å². The molecule has 0 saturated carbocycles. The molecular weight excluding hydrogens is 446 g/mol. The van der Waals surface area contributed by atoms with Gasteiger partial charge in [0, 0.05) is 26.2 Å². The lowest BCUT2D eigenvalue weighted by atomic mass is 10.1. The lowest BCUT2D eigenvalue weighted by Crippen LogP contribution is -2.35. The second-order valence-corrected chi connectivity index (χ2v) is 11.0. The molecule has 1 aromatic heterocycles. The van der Waals surface area contributed by atoms with Crippen LogP contribution in [-0.2, 0) is 37.9 Å². The summed E-state index contributed by atoms with van der Waals surface area (Å²) in [5.74, 6) is 0. The van der Waals surface area contributed by atoms with Gasteiger partial charge in [-0.2, -0.15) is 0 Å². The van der Waals surface area contributed by atoms with Crippen LogP contribution in [0.25, 0.3) is 0 Å². The first kappa shape index (κ1) is 23.2. The van der Waals surface area contributed by atoms with E-state index in [0.29, 0.717) is 11.3 Å². The highest BCUT2D eigenvalue weighted by Crippen LogP contribution is 2.24. The van der Waals surface area contributed by atoms with Crippen LogP contribution in [0, 0.1) is 0 Å². The summed E-state index contributed by atoms with van der Waals surface area (Å²) in [5, 5.41) is 5.03. The van der Waals surface area contributed by atoms with Gasteiger partial charge in [0.05, 0.1) is 13.2 Å². The average Bonchev–Trinajstić information content (AvgIpc) is 3.13. The van der Waals surface area contributed by atoms with Crippen molar-refractivity contribution in [3.63, 3.8) is 0 Å². The molecule has 12 heteroatoms. The maximum Gasteiger partial charge on any atom is 0.250 e. The molecule has 1 fully saturated rings. The van der Waals surface area contributed by atoms with Crippen molar-refractivity contribution in [2.24, 2.45) is 5.14 Å². The molecule has 3 N–H and O–H groups in total. The first-order valence-electron chi connectivity index (χ1n) is 8.24. The summed E-state index contributed by atoms with van der Waals surface area (Å²) < 4.78 is 55.0. The van der Waals surface area contributed by atoms with Crippen molar-refractivity contribution >= 4 is 43.8 Å². The first-order valence-corrected chi connectivity index (χ1v) is 12.1. The van der Waals surface area contributed by atoms with Gasteiger partial charge in [0.25, 0.3) is 0 Å². The molecule has 0 unspecified atom stereocenters. The van der Waals surface area contributed by atoms with Crippen LogP contribution in [0.15, 0.2) is 44.8 Å². The second kappa shape index (κ2) is 9.63.